The lowest BCUT2D eigenvalue weighted by Gasteiger charge is -2.11. The molecule has 0 aromatic rings. The van der Waals surface area contributed by atoms with E-state index in [1.54, 1.807) is 0 Å². The lowest BCUT2D eigenvalue weighted by molar-refractivity contribution is 0.495. The quantitative estimate of drug-likeness (QED) is 0.592. The van der Waals surface area contributed by atoms with E-state index in [0.717, 1.165) is 5.92 Å². The number of hydrogen-bond acceptors (Lipinski definition) is 2. The summed E-state index contributed by atoms with van der Waals surface area (Å²) in [7, 11) is 2.01. The van der Waals surface area contributed by atoms with Gasteiger partial charge in [-0.25, -0.2) is 0 Å². The second kappa shape index (κ2) is 2.21. The van der Waals surface area contributed by atoms with Gasteiger partial charge in [-0.1, -0.05) is 6.92 Å². The number of nitrogens with one attached hydrogen (secondary N) is 1. The van der Waals surface area contributed by atoms with Crippen molar-refractivity contribution >= 4 is 0 Å². The summed E-state index contributed by atoms with van der Waals surface area (Å²) in [5, 5.41) is 3.32. The molecule has 0 heterocycles. The zero-order valence-electron chi connectivity index (χ0n) is 7.31. The van der Waals surface area contributed by atoms with E-state index in [2.05, 4.69) is 26.1 Å². The van der Waals surface area contributed by atoms with Crippen molar-refractivity contribution < 1.29 is 0 Å². The van der Waals surface area contributed by atoms with Crippen LogP contribution in [0.25, 0.3) is 0 Å². The van der Waals surface area contributed by atoms with Crippen LogP contribution in [0.15, 0.2) is 0 Å². The van der Waals surface area contributed by atoms with E-state index in [1.807, 2.05) is 7.05 Å². The maximum absolute atomic E-state index is 5.80. The molecule has 0 radical (unpaired) electrons. The highest BCUT2D eigenvalue weighted by Gasteiger charge is 2.58. The van der Waals surface area contributed by atoms with Gasteiger partial charge in [0.25, 0.3) is 0 Å². The minimum absolute atomic E-state index is 0.314. The predicted molar refractivity (Wildman–Crippen MR) is 43.8 cm³/mol. The van der Waals surface area contributed by atoms with Crippen molar-refractivity contribution in [3.05, 3.63) is 0 Å². The predicted octanol–water partition coefficient (Wildman–Crippen LogP) is 0.578. The van der Waals surface area contributed by atoms with Crippen LogP contribution in [-0.4, -0.2) is 18.6 Å². The Morgan fingerprint density at radius 1 is 1.60 bits per heavy atom. The third kappa shape index (κ3) is 0.867. The zero-order valence-corrected chi connectivity index (χ0v) is 7.31. The Hall–Kier alpha value is -0.0800. The van der Waals surface area contributed by atoms with E-state index >= 15 is 0 Å². The third-order valence-electron chi connectivity index (χ3n) is 3.17. The summed E-state index contributed by atoms with van der Waals surface area (Å²) >= 11 is 0. The Morgan fingerprint density at radius 3 is 2.20 bits per heavy atom. The lowest BCUT2D eigenvalue weighted by atomic mass is 10.1. The van der Waals surface area contributed by atoms with Crippen LogP contribution in [0.3, 0.4) is 0 Å². The van der Waals surface area contributed by atoms with Crippen molar-refractivity contribution in [1.29, 1.82) is 0 Å². The van der Waals surface area contributed by atoms with Crippen molar-refractivity contribution in [3.8, 4) is 0 Å². The summed E-state index contributed by atoms with van der Waals surface area (Å²) in [6, 6.07) is 0.326. The van der Waals surface area contributed by atoms with Crippen molar-refractivity contribution in [2.75, 3.05) is 7.05 Å². The molecular weight excluding hydrogens is 124 g/mol. The van der Waals surface area contributed by atoms with Gasteiger partial charge in [0.05, 0.1) is 0 Å². The van der Waals surface area contributed by atoms with E-state index in [0.29, 0.717) is 17.5 Å². The molecule has 0 spiro atoms. The second-order valence-electron chi connectivity index (χ2n) is 3.71. The molecule has 2 nitrogen and oxygen atoms in total. The Balaban J connectivity index is 2.55. The minimum Gasteiger partial charge on any atom is -0.328 e. The van der Waals surface area contributed by atoms with Crippen molar-refractivity contribution in [1.82, 2.24) is 5.32 Å². The second-order valence-corrected chi connectivity index (χ2v) is 3.71. The minimum atomic E-state index is 0.314. The average Bonchev–Trinajstić information content (AvgIpc) is 2.38. The summed E-state index contributed by atoms with van der Waals surface area (Å²) in [6.07, 6.45) is 0. The normalized spacial score (nSPS) is 48.9. The molecular formula is C8H18N2. The first-order chi connectivity index (χ1) is 4.54. The van der Waals surface area contributed by atoms with Gasteiger partial charge < -0.3 is 11.1 Å². The number of rotatable bonds is 2. The van der Waals surface area contributed by atoms with Crippen LogP contribution in [0.1, 0.15) is 20.8 Å². The number of nitrogens with two attached hydrogens (primary N) is 1. The van der Waals surface area contributed by atoms with E-state index in [9.17, 15) is 0 Å². The highest BCUT2D eigenvalue weighted by Crippen LogP contribution is 2.50. The molecule has 0 aromatic carbocycles. The fourth-order valence-corrected chi connectivity index (χ4v) is 2.16. The van der Waals surface area contributed by atoms with Gasteiger partial charge in [-0.15, -0.1) is 0 Å². The highest BCUT2D eigenvalue weighted by molar-refractivity contribution is 5.15. The molecule has 1 rings (SSSR count). The Bertz CT molecular complexity index is 133. The summed E-state index contributed by atoms with van der Waals surface area (Å²) in [6.45, 7) is 6.58. The molecule has 60 valence electrons. The molecule has 4 atom stereocenters. The molecule has 3 N–H and O–H groups in total. The van der Waals surface area contributed by atoms with Crippen molar-refractivity contribution in [3.63, 3.8) is 0 Å². The fourth-order valence-electron chi connectivity index (χ4n) is 2.16. The van der Waals surface area contributed by atoms with E-state index in [4.69, 9.17) is 5.73 Å². The van der Waals surface area contributed by atoms with Crippen LogP contribution in [0.4, 0.5) is 0 Å². The third-order valence-corrected chi connectivity index (χ3v) is 3.17. The first-order valence-corrected chi connectivity index (χ1v) is 3.98. The van der Waals surface area contributed by atoms with Gasteiger partial charge in [-0.05, 0) is 32.7 Å². The molecule has 0 bridgehead atoms. The summed E-state index contributed by atoms with van der Waals surface area (Å²) in [5.41, 5.74) is 6.11. The van der Waals surface area contributed by atoms with E-state index in [1.165, 1.54) is 0 Å². The van der Waals surface area contributed by atoms with Crippen LogP contribution in [0, 0.1) is 11.8 Å². The maximum Gasteiger partial charge on any atom is 0.0225 e. The summed E-state index contributed by atoms with van der Waals surface area (Å²) in [4.78, 5) is 0. The van der Waals surface area contributed by atoms with Crippen LogP contribution < -0.4 is 11.1 Å². The first kappa shape index (κ1) is 8.02. The monoisotopic (exact) mass is 142 g/mol. The van der Waals surface area contributed by atoms with Crippen LogP contribution in [0.5, 0.6) is 0 Å². The summed E-state index contributed by atoms with van der Waals surface area (Å²) < 4.78 is 0. The SMILES string of the molecule is CN[C@]1(C)[C@H](C)[C@@H]1C(C)N. The molecule has 0 aromatic heterocycles. The highest BCUT2D eigenvalue weighted by atomic mass is 15.0. The summed E-state index contributed by atoms with van der Waals surface area (Å²) in [5.74, 6) is 1.40. The lowest BCUT2D eigenvalue weighted by Crippen LogP contribution is -2.32. The number of hydrogen-bond donors (Lipinski definition) is 2. The van der Waals surface area contributed by atoms with Gasteiger partial charge in [0.1, 0.15) is 0 Å². The fraction of sp³-hybridized carbons (Fsp3) is 1.00. The molecule has 2 heteroatoms. The zero-order chi connectivity index (χ0) is 7.94. The first-order valence-electron chi connectivity index (χ1n) is 3.98. The van der Waals surface area contributed by atoms with Crippen LogP contribution >= 0.6 is 0 Å². The van der Waals surface area contributed by atoms with Crippen molar-refractivity contribution in [2.24, 2.45) is 17.6 Å². The molecule has 0 aliphatic heterocycles. The molecule has 1 fully saturated rings. The topological polar surface area (TPSA) is 38.0 Å². The molecule has 0 amide bonds. The molecule has 1 unspecified atom stereocenters. The Labute approximate surface area is 63.2 Å². The van der Waals surface area contributed by atoms with Gasteiger partial charge in [0, 0.05) is 11.6 Å². The van der Waals surface area contributed by atoms with Gasteiger partial charge in [0.15, 0.2) is 0 Å². The Morgan fingerprint density at radius 2 is 2.10 bits per heavy atom. The van der Waals surface area contributed by atoms with E-state index in [-0.39, 0.29) is 0 Å². The standard InChI is InChI=1S/C8H18N2/c1-5-7(6(2)9)8(5,3)10-4/h5-7,10H,9H2,1-4H3/t5-,6?,7-,8-/m1/s1. The largest absolute Gasteiger partial charge is 0.328 e. The van der Waals surface area contributed by atoms with Crippen LogP contribution in [0.2, 0.25) is 0 Å². The van der Waals surface area contributed by atoms with Gasteiger partial charge in [-0.2, -0.15) is 0 Å². The van der Waals surface area contributed by atoms with Gasteiger partial charge >= 0.3 is 0 Å². The molecule has 0 saturated heterocycles. The molecule has 1 saturated carbocycles. The molecule has 1 aliphatic carbocycles. The maximum atomic E-state index is 5.80. The smallest absolute Gasteiger partial charge is 0.0225 e. The molecule has 1 aliphatic rings. The van der Waals surface area contributed by atoms with E-state index < -0.39 is 0 Å². The van der Waals surface area contributed by atoms with Crippen molar-refractivity contribution in [2.45, 2.75) is 32.4 Å². The van der Waals surface area contributed by atoms with Crippen LogP contribution in [-0.2, 0) is 0 Å². The van der Waals surface area contributed by atoms with Gasteiger partial charge in [-0.3, -0.25) is 0 Å². The molecule has 10 heavy (non-hydrogen) atoms. The van der Waals surface area contributed by atoms with Gasteiger partial charge in [0.2, 0.25) is 0 Å². The Kier molecular flexibility index (Phi) is 1.77. The average molecular weight is 142 g/mol.